The molecule has 7 heavy (non-hydrogen) atoms. The van der Waals surface area contributed by atoms with Gasteiger partial charge in [0.1, 0.15) is 0 Å². The molecule has 0 nitrogen and oxygen atoms in total. The van der Waals surface area contributed by atoms with Crippen LogP contribution in [0.15, 0.2) is 0 Å². The topological polar surface area (TPSA) is 0 Å². The molecular formula is C5H13PS. The first-order valence-corrected chi connectivity index (χ1v) is 5.58. The lowest BCUT2D eigenvalue weighted by Gasteiger charge is -1.99. The molecule has 0 fully saturated rings. The van der Waals surface area contributed by atoms with Gasteiger partial charge in [-0.2, -0.15) is 12.6 Å². The third-order valence-electron chi connectivity index (χ3n) is 0.763. The van der Waals surface area contributed by atoms with Gasteiger partial charge in [0.15, 0.2) is 0 Å². The largest absolute Gasteiger partial charge is 0.179 e. The summed E-state index contributed by atoms with van der Waals surface area (Å²) in [5, 5.41) is 0. The van der Waals surface area contributed by atoms with E-state index in [1.165, 1.54) is 12.6 Å². The summed E-state index contributed by atoms with van der Waals surface area (Å²) < 4.78 is 0. The lowest BCUT2D eigenvalue weighted by atomic mass is 10.6. The van der Waals surface area contributed by atoms with Crippen LogP contribution in [-0.4, -0.2) is 25.2 Å². The molecule has 0 aliphatic carbocycles. The predicted molar refractivity (Wildman–Crippen MR) is 42.1 cm³/mol. The van der Waals surface area contributed by atoms with E-state index in [0.29, 0.717) is 7.92 Å². The number of thiol groups is 1. The molecule has 0 heterocycles. The number of rotatable bonds is 3. The summed E-state index contributed by atoms with van der Waals surface area (Å²) in [5.74, 6) is 1.06. The Kier molecular flexibility index (Phi) is 5.48. The molecule has 0 radical (unpaired) electrons. The van der Waals surface area contributed by atoms with Crippen LogP contribution in [0.5, 0.6) is 0 Å². The molecule has 0 aromatic rings. The number of hydrogen-bond acceptors (Lipinski definition) is 1. The minimum atomic E-state index is 0.345. The summed E-state index contributed by atoms with van der Waals surface area (Å²) in [4.78, 5) is 0. The van der Waals surface area contributed by atoms with Crippen LogP contribution in [0.3, 0.4) is 0 Å². The normalized spacial score (nSPS) is 10.3. The van der Waals surface area contributed by atoms with Crippen LogP contribution in [0.1, 0.15) is 6.42 Å². The molecule has 0 bridgehead atoms. The summed E-state index contributed by atoms with van der Waals surface area (Å²) in [6.45, 7) is 4.61. The average molecular weight is 136 g/mol. The maximum Gasteiger partial charge on any atom is -0.00946 e. The molecule has 0 atom stereocenters. The van der Waals surface area contributed by atoms with Crippen LogP contribution < -0.4 is 0 Å². The fourth-order valence-corrected chi connectivity index (χ4v) is 1.59. The van der Waals surface area contributed by atoms with Crippen molar-refractivity contribution in [2.75, 3.05) is 25.2 Å². The molecule has 0 aliphatic heterocycles. The Hall–Kier alpha value is 0.780. The molecule has 0 spiro atoms. The summed E-state index contributed by atoms with van der Waals surface area (Å²) in [6.07, 6.45) is 2.68. The molecule has 2 heteroatoms. The SMILES string of the molecule is CP(C)CCCS. The van der Waals surface area contributed by atoms with Gasteiger partial charge in [0, 0.05) is 0 Å². The quantitative estimate of drug-likeness (QED) is 0.445. The Morgan fingerprint density at radius 3 is 2.14 bits per heavy atom. The fourth-order valence-electron chi connectivity index (χ4n) is 0.387. The van der Waals surface area contributed by atoms with Crippen molar-refractivity contribution < 1.29 is 0 Å². The molecule has 0 rings (SSSR count). The van der Waals surface area contributed by atoms with Crippen molar-refractivity contribution in [3.8, 4) is 0 Å². The maximum absolute atomic E-state index is 4.11. The highest BCUT2D eigenvalue weighted by Crippen LogP contribution is 2.24. The van der Waals surface area contributed by atoms with Gasteiger partial charge in [-0.25, -0.2) is 0 Å². The van der Waals surface area contributed by atoms with Gasteiger partial charge < -0.3 is 0 Å². The van der Waals surface area contributed by atoms with E-state index in [0.717, 1.165) is 5.75 Å². The third kappa shape index (κ3) is 6.78. The molecule has 0 saturated heterocycles. The Balaban J connectivity index is 2.68. The van der Waals surface area contributed by atoms with Crippen molar-refractivity contribution in [1.29, 1.82) is 0 Å². The van der Waals surface area contributed by atoms with Crippen molar-refractivity contribution >= 4 is 20.6 Å². The average Bonchev–Trinajstić information content (AvgIpc) is 1.61. The van der Waals surface area contributed by atoms with Crippen molar-refractivity contribution in [1.82, 2.24) is 0 Å². The zero-order chi connectivity index (χ0) is 5.70. The lowest BCUT2D eigenvalue weighted by Crippen LogP contribution is -1.81. The van der Waals surface area contributed by atoms with Gasteiger partial charge in [-0.3, -0.25) is 0 Å². The second-order valence-electron chi connectivity index (χ2n) is 1.88. The Morgan fingerprint density at radius 1 is 1.43 bits per heavy atom. The van der Waals surface area contributed by atoms with Crippen LogP contribution >= 0.6 is 20.6 Å². The van der Waals surface area contributed by atoms with E-state index < -0.39 is 0 Å². The molecule has 0 aromatic heterocycles. The monoisotopic (exact) mass is 136 g/mol. The van der Waals surface area contributed by atoms with Crippen LogP contribution in [0.25, 0.3) is 0 Å². The van der Waals surface area contributed by atoms with Crippen molar-refractivity contribution in [2.24, 2.45) is 0 Å². The molecule has 0 aliphatic rings. The van der Waals surface area contributed by atoms with Gasteiger partial charge in [0.05, 0.1) is 0 Å². The molecular weight excluding hydrogens is 123 g/mol. The zero-order valence-corrected chi connectivity index (χ0v) is 6.80. The second-order valence-corrected chi connectivity index (χ2v) is 4.93. The van der Waals surface area contributed by atoms with Gasteiger partial charge >= 0.3 is 0 Å². The molecule has 0 unspecified atom stereocenters. The van der Waals surface area contributed by atoms with Crippen LogP contribution in [0.2, 0.25) is 0 Å². The molecule has 44 valence electrons. The first kappa shape index (κ1) is 7.78. The summed E-state index contributed by atoms with van der Waals surface area (Å²) >= 11 is 4.11. The summed E-state index contributed by atoms with van der Waals surface area (Å²) in [6, 6.07) is 0. The summed E-state index contributed by atoms with van der Waals surface area (Å²) in [5.41, 5.74) is 0. The highest BCUT2D eigenvalue weighted by Gasteiger charge is 1.87. The van der Waals surface area contributed by atoms with Crippen molar-refractivity contribution in [3.63, 3.8) is 0 Å². The van der Waals surface area contributed by atoms with Gasteiger partial charge in [-0.15, -0.1) is 7.92 Å². The molecule has 0 saturated carbocycles. The highest BCUT2D eigenvalue weighted by atomic mass is 32.1. The molecule has 0 aromatic carbocycles. The van der Waals surface area contributed by atoms with Gasteiger partial charge in [-0.1, -0.05) is 0 Å². The van der Waals surface area contributed by atoms with E-state index in [9.17, 15) is 0 Å². The van der Waals surface area contributed by atoms with Crippen molar-refractivity contribution in [2.45, 2.75) is 6.42 Å². The lowest BCUT2D eigenvalue weighted by molar-refractivity contribution is 1.12. The number of hydrogen-bond donors (Lipinski definition) is 1. The Morgan fingerprint density at radius 2 is 2.00 bits per heavy atom. The fraction of sp³-hybridized carbons (Fsp3) is 1.00. The first-order chi connectivity index (χ1) is 3.27. The maximum atomic E-state index is 4.11. The predicted octanol–water partition coefficient (Wildman–Crippen LogP) is 2.05. The van der Waals surface area contributed by atoms with E-state index >= 15 is 0 Å². The van der Waals surface area contributed by atoms with Crippen LogP contribution in [0.4, 0.5) is 0 Å². The Labute approximate surface area is 52.9 Å². The van der Waals surface area contributed by atoms with Crippen LogP contribution in [0, 0.1) is 0 Å². The minimum absolute atomic E-state index is 0.345. The smallest absolute Gasteiger partial charge is 0.00946 e. The molecule has 0 N–H and O–H groups in total. The van der Waals surface area contributed by atoms with Crippen LogP contribution in [-0.2, 0) is 0 Å². The van der Waals surface area contributed by atoms with Crippen molar-refractivity contribution in [3.05, 3.63) is 0 Å². The minimum Gasteiger partial charge on any atom is -0.179 e. The van der Waals surface area contributed by atoms with E-state index in [1.807, 2.05) is 0 Å². The highest BCUT2D eigenvalue weighted by molar-refractivity contribution is 7.80. The first-order valence-electron chi connectivity index (χ1n) is 2.53. The zero-order valence-electron chi connectivity index (χ0n) is 5.02. The second kappa shape index (κ2) is 4.93. The van der Waals surface area contributed by atoms with E-state index in [2.05, 4.69) is 26.0 Å². The Bertz CT molecular complexity index is 37.1. The molecule has 0 amide bonds. The van der Waals surface area contributed by atoms with Gasteiger partial charge in [0.2, 0.25) is 0 Å². The van der Waals surface area contributed by atoms with E-state index in [-0.39, 0.29) is 0 Å². The van der Waals surface area contributed by atoms with Gasteiger partial charge in [0.25, 0.3) is 0 Å². The summed E-state index contributed by atoms with van der Waals surface area (Å²) in [7, 11) is 0.345. The third-order valence-corrected chi connectivity index (χ3v) is 2.29. The van der Waals surface area contributed by atoms with E-state index in [4.69, 9.17) is 0 Å². The van der Waals surface area contributed by atoms with E-state index in [1.54, 1.807) is 0 Å². The standard InChI is InChI=1S/C5H13PS/c1-6(2)4-3-5-7/h7H,3-5H2,1-2H3. The van der Waals surface area contributed by atoms with Gasteiger partial charge in [-0.05, 0) is 31.7 Å².